The second-order valence-corrected chi connectivity index (χ2v) is 5.42. The van der Waals surface area contributed by atoms with Gasteiger partial charge in [0.1, 0.15) is 10.3 Å². The van der Waals surface area contributed by atoms with Gasteiger partial charge in [-0.2, -0.15) is 0 Å². The molecule has 1 aliphatic carbocycles. The fourth-order valence-corrected chi connectivity index (χ4v) is 2.40. The van der Waals surface area contributed by atoms with E-state index in [1.54, 1.807) is 0 Å². The number of nitrogens with zero attached hydrogens (tertiary/aromatic N) is 1. The third kappa shape index (κ3) is 2.00. The van der Waals surface area contributed by atoms with Crippen molar-refractivity contribution >= 4 is 15.9 Å². The molecule has 1 aromatic heterocycles. The molecule has 1 fully saturated rings. The lowest BCUT2D eigenvalue weighted by Crippen LogP contribution is -2.16. The highest BCUT2D eigenvalue weighted by molar-refractivity contribution is 9.10. The van der Waals surface area contributed by atoms with E-state index < -0.39 is 0 Å². The minimum absolute atomic E-state index is 0.0530. The van der Waals surface area contributed by atoms with Gasteiger partial charge in [-0.1, -0.05) is 20.8 Å². The maximum absolute atomic E-state index is 11.7. The van der Waals surface area contributed by atoms with Crippen LogP contribution >= 0.6 is 15.9 Å². The fraction of sp³-hybridized carbons (Fsp3) is 0.636. The van der Waals surface area contributed by atoms with Crippen molar-refractivity contribution in [2.24, 2.45) is 5.92 Å². The molecule has 3 nitrogen and oxygen atoms in total. The molecule has 2 rings (SSSR count). The fourth-order valence-electron chi connectivity index (χ4n) is 1.76. The highest BCUT2D eigenvalue weighted by Crippen LogP contribution is 2.45. The summed E-state index contributed by atoms with van der Waals surface area (Å²) >= 11 is 3.29. The Hall–Kier alpha value is -0.640. The van der Waals surface area contributed by atoms with Gasteiger partial charge in [0.05, 0.1) is 5.69 Å². The zero-order valence-electron chi connectivity index (χ0n) is 9.17. The molecule has 1 saturated carbocycles. The standard InChI is InChI=1S/C11H15BrN2O/c1-5(2)9-8(12)11(15)14-10(13-9)7-4-6(7)3/h5-7H,4H2,1-3H3,(H,13,14,15). The van der Waals surface area contributed by atoms with Crippen molar-refractivity contribution in [3.05, 3.63) is 26.3 Å². The Balaban J connectivity index is 2.47. The number of rotatable bonds is 2. The Bertz CT molecular complexity index is 439. The van der Waals surface area contributed by atoms with E-state index >= 15 is 0 Å². The van der Waals surface area contributed by atoms with Gasteiger partial charge in [0.15, 0.2) is 0 Å². The second kappa shape index (κ2) is 3.74. The third-order valence-corrected chi connectivity index (χ3v) is 3.68. The largest absolute Gasteiger partial charge is 0.309 e. The van der Waals surface area contributed by atoms with E-state index in [1.165, 1.54) is 0 Å². The van der Waals surface area contributed by atoms with Gasteiger partial charge in [-0.3, -0.25) is 4.79 Å². The van der Waals surface area contributed by atoms with Crippen LogP contribution in [-0.2, 0) is 0 Å². The molecule has 0 amide bonds. The maximum atomic E-state index is 11.7. The summed E-state index contributed by atoms with van der Waals surface area (Å²) in [5.74, 6) is 2.26. The number of aromatic amines is 1. The lowest BCUT2D eigenvalue weighted by atomic mass is 10.1. The molecule has 0 radical (unpaired) electrons. The molecule has 0 bridgehead atoms. The molecular formula is C11H15BrN2O. The van der Waals surface area contributed by atoms with E-state index in [1.807, 2.05) is 13.8 Å². The summed E-state index contributed by atoms with van der Waals surface area (Å²) in [5, 5.41) is 0. The quantitative estimate of drug-likeness (QED) is 0.899. The van der Waals surface area contributed by atoms with Crippen LogP contribution in [-0.4, -0.2) is 9.97 Å². The SMILES string of the molecule is CC(C)c1nc(C2CC2C)[nH]c(=O)c1Br. The van der Waals surface area contributed by atoms with Gasteiger partial charge in [0.2, 0.25) is 0 Å². The predicted molar refractivity (Wildman–Crippen MR) is 63.2 cm³/mol. The molecule has 1 aromatic rings. The minimum Gasteiger partial charge on any atom is -0.309 e. The molecule has 2 atom stereocenters. The van der Waals surface area contributed by atoms with Crippen molar-refractivity contribution < 1.29 is 0 Å². The topological polar surface area (TPSA) is 45.8 Å². The Morgan fingerprint density at radius 3 is 2.60 bits per heavy atom. The summed E-state index contributed by atoms with van der Waals surface area (Å²) in [4.78, 5) is 19.1. The van der Waals surface area contributed by atoms with E-state index in [0.29, 0.717) is 16.3 Å². The lowest BCUT2D eigenvalue weighted by molar-refractivity contribution is 0.752. The van der Waals surface area contributed by atoms with E-state index in [-0.39, 0.29) is 11.5 Å². The van der Waals surface area contributed by atoms with Gasteiger partial charge in [-0.05, 0) is 34.2 Å². The monoisotopic (exact) mass is 270 g/mol. The van der Waals surface area contributed by atoms with Gasteiger partial charge in [0, 0.05) is 5.92 Å². The molecule has 0 spiro atoms. The first kappa shape index (κ1) is 10.9. The first-order chi connectivity index (χ1) is 7.00. The Morgan fingerprint density at radius 2 is 2.13 bits per heavy atom. The van der Waals surface area contributed by atoms with E-state index in [4.69, 9.17) is 0 Å². The third-order valence-electron chi connectivity index (χ3n) is 2.91. The van der Waals surface area contributed by atoms with Gasteiger partial charge in [-0.15, -0.1) is 0 Å². The van der Waals surface area contributed by atoms with Crippen LogP contribution in [0, 0.1) is 5.92 Å². The highest BCUT2D eigenvalue weighted by atomic mass is 79.9. The molecule has 1 aliphatic rings. The predicted octanol–water partition coefficient (Wildman–Crippen LogP) is 2.78. The smallest absolute Gasteiger partial charge is 0.265 e. The summed E-state index contributed by atoms with van der Waals surface area (Å²) in [6, 6.07) is 0. The normalized spacial score (nSPS) is 24.6. The zero-order chi connectivity index (χ0) is 11.2. The number of hydrogen-bond acceptors (Lipinski definition) is 2. The van der Waals surface area contributed by atoms with E-state index in [9.17, 15) is 4.79 Å². The Morgan fingerprint density at radius 1 is 1.53 bits per heavy atom. The summed E-state index contributed by atoms with van der Waals surface area (Å²) in [6.45, 7) is 6.28. The van der Waals surface area contributed by atoms with Crippen molar-refractivity contribution in [3.63, 3.8) is 0 Å². The van der Waals surface area contributed by atoms with Crippen molar-refractivity contribution in [2.75, 3.05) is 0 Å². The molecule has 0 saturated heterocycles. The summed E-state index contributed by atoms with van der Waals surface area (Å²) in [7, 11) is 0. The van der Waals surface area contributed by atoms with Crippen LogP contribution in [0.1, 0.15) is 50.5 Å². The van der Waals surface area contributed by atoms with Gasteiger partial charge >= 0.3 is 0 Å². The lowest BCUT2D eigenvalue weighted by Gasteiger charge is -2.08. The van der Waals surface area contributed by atoms with Crippen LogP contribution in [0.5, 0.6) is 0 Å². The molecule has 4 heteroatoms. The van der Waals surface area contributed by atoms with Crippen molar-refractivity contribution in [3.8, 4) is 0 Å². The molecule has 82 valence electrons. The van der Waals surface area contributed by atoms with Crippen molar-refractivity contribution in [2.45, 2.75) is 39.0 Å². The molecule has 1 heterocycles. The number of nitrogens with one attached hydrogen (secondary N) is 1. The molecular weight excluding hydrogens is 256 g/mol. The molecule has 2 unspecified atom stereocenters. The molecule has 15 heavy (non-hydrogen) atoms. The van der Waals surface area contributed by atoms with Crippen LogP contribution in [0.2, 0.25) is 0 Å². The average molecular weight is 271 g/mol. The van der Waals surface area contributed by atoms with E-state index in [0.717, 1.165) is 17.9 Å². The van der Waals surface area contributed by atoms with Crippen LogP contribution in [0.15, 0.2) is 9.27 Å². The van der Waals surface area contributed by atoms with Crippen LogP contribution in [0.4, 0.5) is 0 Å². The summed E-state index contributed by atoms with van der Waals surface area (Å²) in [6.07, 6.45) is 1.14. The number of hydrogen-bond donors (Lipinski definition) is 1. The molecule has 0 aliphatic heterocycles. The van der Waals surface area contributed by atoms with Crippen LogP contribution < -0.4 is 5.56 Å². The highest BCUT2D eigenvalue weighted by Gasteiger charge is 2.36. The minimum atomic E-state index is -0.0530. The molecule has 0 aromatic carbocycles. The van der Waals surface area contributed by atoms with Crippen LogP contribution in [0.25, 0.3) is 0 Å². The summed E-state index contributed by atoms with van der Waals surface area (Å²) in [5.41, 5.74) is 0.815. The Kier molecular flexibility index (Phi) is 2.71. The first-order valence-corrected chi connectivity index (χ1v) is 6.09. The van der Waals surface area contributed by atoms with Crippen molar-refractivity contribution in [1.29, 1.82) is 0 Å². The molecule has 1 N–H and O–H groups in total. The van der Waals surface area contributed by atoms with Gasteiger partial charge in [0.25, 0.3) is 5.56 Å². The van der Waals surface area contributed by atoms with Gasteiger partial charge < -0.3 is 4.98 Å². The number of halogens is 1. The Labute approximate surface area is 97.4 Å². The van der Waals surface area contributed by atoms with Gasteiger partial charge in [-0.25, -0.2) is 4.98 Å². The van der Waals surface area contributed by atoms with Crippen LogP contribution in [0.3, 0.4) is 0 Å². The number of H-pyrrole nitrogens is 1. The first-order valence-electron chi connectivity index (χ1n) is 5.30. The number of aromatic nitrogens is 2. The maximum Gasteiger partial charge on any atom is 0.265 e. The summed E-state index contributed by atoms with van der Waals surface area (Å²) < 4.78 is 0.578. The average Bonchev–Trinajstić information content (AvgIpc) is 2.87. The zero-order valence-corrected chi connectivity index (χ0v) is 10.8. The van der Waals surface area contributed by atoms with E-state index in [2.05, 4.69) is 32.8 Å². The van der Waals surface area contributed by atoms with Crippen molar-refractivity contribution in [1.82, 2.24) is 9.97 Å². The second-order valence-electron chi connectivity index (χ2n) is 4.62.